The number of aromatic nitrogens is 2. The van der Waals surface area contributed by atoms with Gasteiger partial charge in [-0.25, -0.2) is 0 Å². The number of aryl methyl sites for hydroxylation is 2. The second kappa shape index (κ2) is 4.49. The molecule has 0 fully saturated rings. The van der Waals surface area contributed by atoms with E-state index >= 15 is 0 Å². The molecule has 0 spiro atoms. The number of hydrogen-bond donors (Lipinski definition) is 1. The van der Waals surface area contributed by atoms with Gasteiger partial charge in [0.25, 0.3) is 0 Å². The molecule has 0 aliphatic heterocycles. The summed E-state index contributed by atoms with van der Waals surface area (Å²) in [6.45, 7) is 6.30. The van der Waals surface area contributed by atoms with Crippen molar-refractivity contribution in [3.63, 3.8) is 0 Å². The fourth-order valence-electron chi connectivity index (χ4n) is 1.44. The molecule has 2 rings (SSSR count). The van der Waals surface area contributed by atoms with Gasteiger partial charge in [-0.1, -0.05) is 5.16 Å². The molecule has 2 aromatic heterocycles. The van der Waals surface area contributed by atoms with Gasteiger partial charge in [0.2, 0.25) is 5.89 Å². The Balaban J connectivity index is 1.91. The summed E-state index contributed by atoms with van der Waals surface area (Å²) in [5, 5.41) is 7.07. The fourth-order valence-corrected chi connectivity index (χ4v) is 1.44. The van der Waals surface area contributed by atoms with Crippen LogP contribution in [0.1, 0.15) is 36.2 Å². The zero-order chi connectivity index (χ0) is 11.5. The normalized spacial score (nSPS) is 12.9. The molecule has 0 aromatic carbocycles. The Hall–Kier alpha value is -1.62. The molecule has 16 heavy (non-hydrogen) atoms. The molecule has 0 saturated carbocycles. The lowest BCUT2D eigenvalue weighted by atomic mass is 10.2. The first-order valence-electron chi connectivity index (χ1n) is 5.24. The van der Waals surface area contributed by atoms with Gasteiger partial charge in [0, 0.05) is 6.92 Å². The smallest absolute Gasteiger partial charge is 0.223 e. The van der Waals surface area contributed by atoms with Gasteiger partial charge in [-0.2, -0.15) is 4.98 Å². The minimum Gasteiger partial charge on any atom is -0.465 e. The summed E-state index contributed by atoms with van der Waals surface area (Å²) < 4.78 is 10.4. The highest BCUT2D eigenvalue weighted by Crippen LogP contribution is 2.15. The SMILES string of the molecule is Cc1ccc([C@H](C)NCc2noc(C)n2)o1. The first-order chi connectivity index (χ1) is 7.65. The van der Waals surface area contributed by atoms with Crippen LogP contribution in [-0.2, 0) is 6.54 Å². The summed E-state index contributed by atoms with van der Waals surface area (Å²) in [5.74, 6) is 3.07. The van der Waals surface area contributed by atoms with Crippen LogP contribution in [0.3, 0.4) is 0 Å². The predicted octanol–water partition coefficient (Wildman–Crippen LogP) is 2.13. The van der Waals surface area contributed by atoms with Crippen LogP contribution in [0.2, 0.25) is 0 Å². The Bertz CT molecular complexity index is 461. The molecule has 1 atom stereocenters. The van der Waals surface area contributed by atoms with Crippen molar-refractivity contribution in [2.24, 2.45) is 0 Å². The van der Waals surface area contributed by atoms with Crippen LogP contribution in [0.5, 0.6) is 0 Å². The van der Waals surface area contributed by atoms with E-state index in [-0.39, 0.29) is 6.04 Å². The molecule has 1 N–H and O–H groups in total. The molecule has 2 heterocycles. The summed E-state index contributed by atoms with van der Waals surface area (Å²) in [6.07, 6.45) is 0. The number of nitrogens with one attached hydrogen (secondary N) is 1. The van der Waals surface area contributed by atoms with Gasteiger partial charge in [0.1, 0.15) is 11.5 Å². The molecule has 5 nitrogen and oxygen atoms in total. The average Bonchev–Trinajstić information content (AvgIpc) is 2.84. The number of hydrogen-bond acceptors (Lipinski definition) is 5. The Morgan fingerprint density at radius 3 is 2.75 bits per heavy atom. The van der Waals surface area contributed by atoms with E-state index in [4.69, 9.17) is 8.94 Å². The van der Waals surface area contributed by atoms with Gasteiger partial charge in [0.15, 0.2) is 5.82 Å². The highest BCUT2D eigenvalue weighted by atomic mass is 16.5. The predicted molar refractivity (Wildman–Crippen MR) is 57.7 cm³/mol. The molecular weight excluding hydrogens is 206 g/mol. The third-order valence-corrected chi connectivity index (χ3v) is 2.32. The van der Waals surface area contributed by atoms with Crippen molar-refractivity contribution in [3.05, 3.63) is 35.4 Å². The molecule has 0 saturated heterocycles. The number of furan rings is 1. The van der Waals surface area contributed by atoms with Crippen molar-refractivity contribution in [3.8, 4) is 0 Å². The van der Waals surface area contributed by atoms with Gasteiger partial charge >= 0.3 is 0 Å². The second-order valence-corrected chi connectivity index (χ2v) is 3.78. The van der Waals surface area contributed by atoms with E-state index in [9.17, 15) is 0 Å². The Labute approximate surface area is 93.8 Å². The van der Waals surface area contributed by atoms with E-state index in [2.05, 4.69) is 15.5 Å². The van der Waals surface area contributed by atoms with Crippen LogP contribution >= 0.6 is 0 Å². The first-order valence-corrected chi connectivity index (χ1v) is 5.24. The van der Waals surface area contributed by atoms with E-state index in [0.29, 0.717) is 18.3 Å². The van der Waals surface area contributed by atoms with Crippen LogP contribution in [-0.4, -0.2) is 10.1 Å². The van der Waals surface area contributed by atoms with E-state index in [1.54, 1.807) is 6.92 Å². The summed E-state index contributed by atoms with van der Waals surface area (Å²) in [7, 11) is 0. The number of rotatable bonds is 4. The van der Waals surface area contributed by atoms with Gasteiger partial charge in [-0.3, -0.25) is 0 Å². The van der Waals surface area contributed by atoms with Crippen molar-refractivity contribution >= 4 is 0 Å². The van der Waals surface area contributed by atoms with Gasteiger partial charge in [-0.05, 0) is 26.0 Å². The highest BCUT2D eigenvalue weighted by Gasteiger charge is 2.10. The maximum atomic E-state index is 5.51. The molecule has 0 unspecified atom stereocenters. The zero-order valence-electron chi connectivity index (χ0n) is 9.65. The zero-order valence-corrected chi connectivity index (χ0v) is 9.65. The molecule has 86 valence electrons. The third kappa shape index (κ3) is 2.49. The molecule has 0 bridgehead atoms. The van der Waals surface area contributed by atoms with Crippen LogP contribution in [0, 0.1) is 13.8 Å². The van der Waals surface area contributed by atoms with Gasteiger partial charge in [-0.15, -0.1) is 0 Å². The Morgan fingerprint density at radius 1 is 1.38 bits per heavy atom. The second-order valence-electron chi connectivity index (χ2n) is 3.78. The minimum atomic E-state index is 0.132. The summed E-state index contributed by atoms with van der Waals surface area (Å²) in [5.41, 5.74) is 0. The lowest BCUT2D eigenvalue weighted by molar-refractivity contribution is 0.378. The topological polar surface area (TPSA) is 64.1 Å². The molecule has 5 heteroatoms. The lowest BCUT2D eigenvalue weighted by Crippen LogP contribution is -2.18. The maximum Gasteiger partial charge on any atom is 0.223 e. The summed E-state index contributed by atoms with van der Waals surface area (Å²) in [6, 6.07) is 4.05. The van der Waals surface area contributed by atoms with Crippen LogP contribution in [0.25, 0.3) is 0 Å². The quantitative estimate of drug-likeness (QED) is 0.856. The van der Waals surface area contributed by atoms with Crippen LogP contribution in [0.4, 0.5) is 0 Å². The molecule has 0 aliphatic carbocycles. The molecule has 0 radical (unpaired) electrons. The third-order valence-electron chi connectivity index (χ3n) is 2.32. The van der Waals surface area contributed by atoms with Crippen molar-refractivity contribution in [2.75, 3.05) is 0 Å². The maximum absolute atomic E-state index is 5.51. The van der Waals surface area contributed by atoms with E-state index in [1.807, 2.05) is 26.0 Å². The molecular formula is C11H15N3O2. The van der Waals surface area contributed by atoms with Crippen molar-refractivity contribution in [1.29, 1.82) is 0 Å². The molecule has 0 amide bonds. The standard InChI is InChI=1S/C11H15N3O2/c1-7-4-5-10(15-7)8(2)12-6-11-13-9(3)16-14-11/h4-5,8,12H,6H2,1-3H3/t8-/m0/s1. The molecule has 0 aliphatic rings. The van der Waals surface area contributed by atoms with Crippen molar-refractivity contribution < 1.29 is 8.94 Å². The number of nitrogens with zero attached hydrogens (tertiary/aromatic N) is 2. The summed E-state index contributed by atoms with van der Waals surface area (Å²) >= 11 is 0. The van der Waals surface area contributed by atoms with Crippen molar-refractivity contribution in [1.82, 2.24) is 15.5 Å². The summed E-state index contributed by atoms with van der Waals surface area (Å²) in [4.78, 5) is 4.11. The first kappa shape index (κ1) is 10.9. The van der Waals surface area contributed by atoms with Crippen molar-refractivity contribution in [2.45, 2.75) is 33.4 Å². The average molecular weight is 221 g/mol. The minimum absolute atomic E-state index is 0.132. The van der Waals surface area contributed by atoms with Gasteiger partial charge in [0.05, 0.1) is 12.6 Å². The fraction of sp³-hybridized carbons (Fsp3) is 0.455. The Kier molecular flexibility index (Phi) is 3.05. The molecule has 2 aromatic rings. The van der Waals surface area contributed by atoms with E-state index in [0.717, 1.165) is 11.5 Å². The lowest BCUT2D eigenvalue weighted by Gasteiger charge is -2.08. The highest BCUT2D eigenvalue weighted by molar-refractivity contribution is 5.08. The monoisotopic (exact) mass is 221 g/mol. The van der Waals surface area contributed by atoms with Crippen LogP contribution in [0.15, 0.2) is 21.1 Å². The van der Waals surface area contributed by atoms with E-state index < -0.39 is 0 Å². The Morgan fingerprint density at radius 2 is 2.19 bits per heavy atom. The van der Waals surface area contributed by atoms with Gasteiger partial charge < -0.3 is 14.3 Å². The largest absolute Gasteiger partial charge is 0.465 e. The van der Waals surface area contributed by atoms with E-state index in [1.165, 1.54) is 0 Å². The van der Waals surface area contributed by atoms with Crippen LogP contribution < -0.4 is 5.32 Å².